The number of nitrogens with zero attached hydrogens (tertiary/aromatic N) is 1. The van der Waals surface area contributed by atoms with Gasteiger partial charge in [0.15, 0.2) is 11.4 Å². The van der Waals surface area contributed by atoms with Crippen LogP contribution in [0.5, 0.6) is 5.75 Å². The van der Waals surface area contributed by atoms with Gasteiger partial charge in [0.25, 0.3) is 5.91 Å². The van der Waals surface area contributed by atoms with Crippen molar-refractivity contribution in [2.75, 3.05) is 19.0 Å². The lowest BCUT2D eigenvalue weighted by Gasteiger charge is -2.50. The molecule has 6 rings (SSSR count). The number of anilines is 1. The molecule has 0 bridgehead atoms. The predicted molar refractivity (Wildman–Crippen MR) is 202 cm³/mol. The number of phenolic OH excluding ortho intramolecular Hbond substituents is 1. The van der Waals surface area contributed by atoms with E-state index in [1.807, 2.05) is 37.2 Å². The van der Waals surface area contributed by atoms with Crippen molar-refractivity contribution < 1.29 is 34.8 Å². The standard InChI is InChI=1S/C43H52N2O7/c1-22(2)12-13-25(16-24-10-8-7-9-11-24)17-26-14-15-27(18-26)29-21-32(45(5)6)30-19-28-20-31-33(23(3)4)38(47)36(42(44)51)41(50)43(31,52)40(49)34(28)39(48)35(30)37(29)46/h7-11,14-15,21-23,25,28,31,33,46,48,50,52H,12-13,16-20H2,1-6H3,(H2,44,51)/t25?,28-,31-,33-,43-/m0/s1. The van der Waals surface area contributed by atoms with E-state index in [1.165, 1.54) is 11.1 Å². The normalized spacial score (nSPS) is 24.8. The van der Waals surface area contributed by atoms with Crippen LogP contribution in [0.2, 0.25) is 0 Å². The van der Waals surface area contributed by atoms with Crippen molar-refractivity contribution >= 4 is 34.5 Å². The Morgan fingerprint density at radius 3 is 2.31 bits per heavy atom. The molecule has 0 aromatic heterocycles. The highest BCUT2D eigenvalue weighted by atomic mass is 16.3. The molecule has 0 radical (unpaired) electrons. The summed E-state index contributed by atoms with van der Waals surface area (Å²) in [5.74, 6) is -6.57. The number of aromatic hydroxyl groups is 1. The van der Waals surface area contributed by atoms with E-state index in [1.54, 1.807) is 13.8 Å². The zero-order valence-electron chi connectivity index (χ0n) is 31.1. The lowest BCUT2D eigenvalue weighted by atomic mass is 9.54. The summed E-state index contributed by atoms with van der Waals surface area (Å²) in [5, 5.41) is 47.2. The first-order valence-electron chi connectivity index (χ1n) is 18.5. The van der Waals surface area contributed by atoms with Gasteiger partial charge in [0.1, 0.15) is 22.8 Å². The second kappa shape index (κ2) is 14.1. The average molecular weight is 709 g/mol. The Morgan fingerprint density at radius 1 is 1.00 bits per heavy atom. The first kappa shape index (κ1) is 37.1. The van der Waals surface area contributed by atoms with Crippen LogP contribution in [-0.2, 0) is 27.2 Å². The minimum absolute atomic E-state index is 0.0839. The number of nitrogens with two attached hydrogens (primary N) is 1. The highest BCUT2D eigenvalue weighted by Crippen LogP contribution is 2.56. The second-order valence-electron chi connectivity index (χ2n) is 16.3. The Kier molecular flexibility index (Phi) is 10.0. The average Bonchev–Trinajstić information content (AvgIpc) is 3.53. The van der Waals surface area contributed by atoms with Gasteiger partial charge in [0.2, 0.25) is 5.78 Å². The van der Waals surface area contributed by atoms with E-state index >= 15 is 0 Å². The number of carbonyl (C=O) groups is 3. The van der Waals surface area contributed by atoms with E-state index < -0.39 is 57.9 Å². The molecule has 5 atom stereocenters. The number of Topliss-reactive ketones (excluding diaryl/α,β-unsaturated/α-hetero) is 2. The molecular weight excluding hydrogens is 656 g/mol. The Bertz CT molecular complexity index is 1930. The molecule has 0 heterocycles. The van der Waals surface area contributed by atoms with E-state index in [4.69, 9.17) is 5.73 Å². The Balaban J connectivity index is 1.36. The van der Waals surface area contributed by atoms with Crippen molar-refractivity contribution in [3.05, 3.63) is 93.3 Å². The number of allylic oxidation sites excluding steroid dienone is 4. The minimum Gasteiger partial charge on any atom is -0.508 e. The fraction of sp³-hybridized carbons (Fsp3) is 0.465. The molecule has 1 amide bonds. The molecule has 0 aliphatic heterocycles. The summed E-state index contributed by atoms with van der Waals surface area (Å²) in [7, 11) is 3.77. The molecule has 9 heteroatoms. The number of hydrogen-bond donors (Lipinski definition) is 5. The monoisotopic (exact) mass is 708 g/mol. The number of fused-ring (bicyclic) bond motifs is 3. The number of benzene rings is 2. The van der Waals surface area contributed by atoms with Gasteiger partial charge in [-0.3, -0.25) is 14.4 Å². The third kappa shape index (κ3) is 6.27. The quantitative estimate of drug-likeness (QED) is 0.160. The van der Waals surface area contributed by atoms with Crippen molar-refractivity contribution in [2.45, 2.75) is 78.2 Å². The summed E-state index contributed by atoms with van der Waals surface area (Å²) in [5.41, 5.74) is 7.49. The molecule has 1 fully saturated rings. The Morgan fingerprint density at radius 2 is 1.69 bits per heavy atom. The van der Waals surface area contributed by atoms with Crippen LogP contribution in [0.1, 0.15) is 82.1 Å². The van der Waals surface area contributed by atoms with Crippen LogP contribution in [0.4, 0.5) is 5.69 Å². The number of ketones is 2. The zero-order chi connectivity index (χ0) is 37.8. The summed E-state index contributed by atoms with van der Waals surface area (Å²) in [6.07, 6.45) is 9.26. The van der Waals surface area contributed by atoms with Crippen molar-refractivity contribution in [2.24, 2.45) is 41.2 Å². The number of amides is 1. The number of hydrogen-bond acceptors (Lipinski definition) is 8. The fourth-order valence-electron chi connectivity index (χ4n) is 9.25. The van der Waals surface area contributed by atoms with Crippen molar-refractivity contribution in [3.8, 4) is 5.75 Å². The van der Waals surface area contributed by atoms with Crippen molar-refractivity contribution in [1.82, 2.24) is 0 Å². The molecule has 2 aromatic rings. The first-order chi connectivity index (χ1) is 24.6. The molecule has 276 valence electrons. The van der Waals surface area contributed by atoms with E-state index in [-0.39, 0.29) is 35.6 Å². The SMILES string of the molecule is CC(C)CCC(CC1=CC=C(c2cc(N(C)C)c3c(c2O)C(O)=C2C(=O)[C@]4(O)C(O)=C(C(N)=O)C(=O)[C@@H](C(C)C)[C@@H]4C[C@@H]2C3)C1)Cc1ccccc1. The maximum Gasteiger partial charge on any atom is 0.255 e. The molecule has 9 nitrogen and oxygen atoms in total. The summed E-state index contributed by atoms with van der Waals surface area (Å²) >= 11 is 0. The van der Waals surface area contributed by atoms with Crippen molar-refractivity contribution in [1.29, 1.82) is 0 Å². The summed E-state index contributed by atoms with van der Waals surface area (Å²) in [6, 6.07) is 12.5. The lowest BCUT2D eigenvalue weighted by Crippen LogP contribution is -2.62. The number of carbonyl (C=O) groups excluding carboxylic acids is 3. The van der Waals surface area contributed by atoms with Crippen LogP contribution >= 0.6 is 0 Å². The number of primary amides is 1. The molecule has 4 aliphatic rings. The third-order valence-corrected chi connectivity index (χ3v) is 11.8. The second-order valence-corrected chi connectivity index (χ2v) is 16.3. The van der Waals surface area contributed by atoms with Crippen LogP contribution < -0.4 is 10.6 Å². The number of aliphatic hydroxyl groups excluding tert-OH is 2. The molecule has 52 heavy (non-hydrogen) atoms. The molecule has 1 saturated carbocycles. The summed E-state index contributed by atoms with van der Waals surface area (Å²) < 4.78 is 0. The fourth-order valence-corrected chi connectivity index (χ4v) is 9.25. The third-order valence-electron chi connectivity index (χ3n) is 11.8. The van der Waals surface area contributed by atoms with Gasteiger partial charge in [-0.15, -0.1) is 0 Å². The van der Waals surface area contributed by atoms with Gasteiger partial charge in [-0.1, -0.05) is 82.2 Å². The van der Waals surface area contributed by atoms with Crippen LogP contribution in [0.3, 0.4) is 0 Å². The van der Waals surface area contributed by atoms with Gasteiger partial charge in [-0.25, -0.2) is 0 Å². The van der Waals surface area contributed by atoms with E-state index in [2.05, 4.69) is 44.2 Å². The van der Waals surface area contributed by atoms with E-state index in [9.17, 15) is 34.8 Å². The maximum absolute atomic E-state index is 14.4. The largest absolute Gasteiger partial charge is 0.508 e. The molecule has 6 N–H and O–H groups in total. The van der Waals surface area contributed by atoms with Gasteiger partial charge in [-0.05, 0) is 85.0 Å². The molecule has 2 aromatic carbocycles. The zero-order valence-corrected chi connectivity index (χ0v) is 31.1. The summed E-state index contributed by atoms with van der Waals surface area (Å²) in [6.45, 7) is 8.00. The minimum atomic E-state index is -2.64. The predicted octanol–water partition coefficient (Wildman–Crippen LogP) is 6.77. The molecule has 1 unspecified atom stereocenters. The van der Waals surface area contributed by atoms with Gasteiger partial charge in [0, 0.05) is 42.8 Å². The highest BCUT2D eigenvalue weighted by molar-refractivity contribution is 6.23. The highest BCUT2D eigenvalue weighted by Gasteiger charge is 2.64. The summed E-state index contributed by atoms with van der Waals surface area (Å²) in [4.78, 5) is 42.1. The van der Waals surface area contributed by atoms with E-state index in [0.717, 1.165) is 36.9 Å². The van der Waals surface area contributed by atoms with Crippen molar-refractivity contribution in [3.63, 3.8) is 0 Å². The van der Waals surface area contributed by atoms with Gasteiger partial charge >= 0.3 is 0 Å². The lowest BCUT2D eigenvalue weighted by molar-refractivity contribution is -0.155. The van der Waals surface area contributed by atoms with Gasteiger partial charge < -0.3 is 31.1 Å². The Hall–Kier alpha value is -4.63. The Labute approximate surface area is 306 Å². The van der Waals surface area contributed by atoms with Gasteiger partial charge in [-0.2, -0.15) is 0 Å². The number of rotatable bonds is 11. The topological polar surface area (TPSA) is 161 Å². The number of aliphatic hydroxyl groups is 3. The van der Waals surface area contributed by atoms with E-state index in [0.29, 0.717) is 29.4 Å². The van der Waals surface area contributed by atoms with Gasteiger partial charge in [0.05, 0.1) is 5.56 Å². The van der Waals surface area contributed by atoms with Crippen LogP contribution in [0.15, 0.2) is 71.0 Å². The smallest absolute Gasteiger partial charge is 0.255 e. The van der Waals surface area contributed by atoms with Crippen LogP contribution in [0.25, 0.3) is 11.3 Å². The molecular formula is C43H52N2O7. The number of phenols is 1. The first-order valence-corrected chi connectivity index (χ1v) is 18.5. The molecule has 4 aliphatic carbocycles. The molecule has 0 saturated heterocycles. The van der Waals surface area contributed by atoms with Crippen LogP contribution in [0, 0.1) is 35.5 Å². The maximum atomic E-state index is 14.4. The van der Waals surface area contributed by atoms with Crippen LogP contribution in [-0.4, -0.2) is 57.6 Å². The molecule has 0 spiro atoms.